The third-order valence-corrected chi connectivity index (χ3v) is 4.56. The van der Waals surface area contributed by atoms with Crippen LogP contribution in [0.25, 0.3) is 10.8 Å². The normalized spacial score (nSPS) is 12.9. The van der Waals surface area contributed by atoms with Gasteiger partial charge in [0.1, 0.15) is 5.03 Å². The van der Waals surface area contributed by atoms with Gasteiger partial charge in [0, 0.05) is 33.8 Å². The molecule has 2 aromatic rings. The summed E-state index contributed by atoms with van der Waals surface area (Å²) in [5.41, 5.74) is 0. The number of rotatable bonds is 4. The Kier molecular flexibility index (Phi) is 4.42. The summed E-state index contributed by atoms with van der Waals surface area (Å²) < 4.78 is 1.09. The second kappa shape index (κ2) is 5.85. The minimum absolute atomic E-state index is 0.224. The Hall–Kier alpha value is -0.580. The number of aliphatic hydroxyl groups excluding tert-OH is 1. The molecule has 0 aliphatic rings. The molecule has 0 fully saturated rings. The van der Waals surface area contributed by atoms with Gasteiger partial charge >= 0.3 is 0 Å². The van der Waals surface area contributed by atoms with Crippen LogP contribution in [0.1, 0.15) is 6.92 Å². The number of aliphatic hydroxyl groups is 1. The molecule has 17 heavy (non-hydrogen) atoms. The Bertz CT molecular complexity index is 518. The molecule has 0 saturated heterocycles. The molecule has 4 heteroatoms. The molecule has 0 aliphatic carbocycles. The van der Waals surface area contributed by atoms with E-state index in [0.29, 0.717) is 5.92 Å². The van der Waals surface area contributed by atoms with E-state index in [1.807, 2.05) is 31.3 Å². The van der Waals surface area contributed by atoms with Gasteiger partial charge in [0.05, 0.1) is 0 Å². The zero-order valence-corrected chi connectivity index (χ0v) is 12.0. The lowest BCUT2D eigenvalue weighted by Crippen LogP contribution is -2.03. The molecule has 1 N–H and O–H groups in total. The second-order valence-electron chi connectivity index (χ2n) is 4.05. The Morgan fingerprint density at radius 2 is 2.18 bits per heavy atom. The summed E-state index contributed by atoms with van der Waals surface area (Å²) in [6.07, 6.45) is 1.83. The van der Waals surface area contributed by atoms with Gasteiger partial charge in [0.25, 0.3) is 0 Å². The molecule has 0 spiro atoms. The average molecular weight is 312 g/mol. The largest absolute Gasteiger partial charge is 0.396 e. The monoisotopic (exact) mass is 311 g/mol. The summed E-state index contributed by atoms with van der Waals surface area (Å²) in [4.78, 5) is 4.41. The molecule has 1 heterocycles. The lowest BCUT2D eigenvalue weighted by atomic mass is 10.2. The number of benzene rings is 1. The van der Waals surface area contributed by atoms with Crippen LogP contribution in [0.15, 0.2) is 40.0 Å². The van der Waals surface area contributed by atoms with Crippen molar-refractivity contribution in [3.8, 4) is 0 Å². The molecular formula is C13H14BrNOS. The predicted octanol–water partition coefficient (Wildman–Crippen LogP) is 3.72. The number of halogens is 1. The van der Waals surface area contributed by atoms with Crippen LogP contribution in [0.5, 0.6) is 0 Å². The highest BCUT2D eigenvalue weighted by atomic mass is 79.9. The van der Waals surface area contributed by atoms with Gasteiger partial charge in [-0.1, -0.05) is 35.0 Å². The molecule has 2 nitrogen and oxygen atoms in total. The molecule has 0 amide bonds. The van der Waals surface area contributed by atoms with Gasteiger partial charge in [0.15, 0.2) is 0 Å². The molecule has 2 rings (SSSR count). The van der Waals surface area contributed by atoms with Crippen LogP contribution in [0, 0.1) is 5.92 Å². The van der Waals surface area contributed by atoms with Crippen LogP contribution < -0.4 is 0 Å². The number of aromatic nitrogens is 1. The van der Waals surface area contributed by atoms with Gasteiger partial charge in [-0.3, -0.25) is 0 Å². The minimum atomic E-state index is 0.224. The van der Waals surface area contributed by atoms with Gasteiger partial charge < -0.3 is 5.11 Å². The number of hydrogen-bond acceptors (Lipinski definition) is 3. The van der Waals surface area contributed by atoms with E-state index in [4.69, 9.17) is 5.11 Å². The SMILES string of the molecule is CC(CO)CSc1nccc2c(Br)cccc12. The molecule has 1 atom stereocenters. The molecule has 1 unspecified atom stereocenters. The summed E-state index contributed by atoms with van der Waals surface area (Å²) in [6.45, 7) is 2.26. The fraction of sp³-hybridized carbons (Fsp3) is 0.308. The third-order valence-electron chi connectivity index (χ3n) is 2.53. The Morgan fingerprint density at radius 3 is 2.94 bits per heavy atom. The van der Waals surface area contributed by atoms with Gasteiger partial charge in [-0.25, -0.2) is 4.98 Å². The zero-order valence-electron chi connectivity index (χ0n) is 9.56. The van der Waals surface area contributed by atoms with E-state index in [9.17, 15) is 0 Å². The quantitative estimate of drug-likeness (QED) is 0.874. The lowest BCUT2D eigenvalue weighted by Gasteiger charge is -2.09. The topological polar surface area (TPSA) is 33.1 Å². The first kappa shape index (κ1) is 12.9. The van der Waals surface area contributed by atoms with Crippen LogP contribution in [0.4, 0.5) is 0 Å². The predicted molar refractivity (Wildman–Crippen MR) is 76.4 cm³/mol. The van der Waals surface area contributed by atoms with Gasteiger partial charge in [-0.15, -0.1) is 11.8 Å². The number of pyridine rings is 1. The van der Waals surface area contributed by atoms with Crippen LogP contribution in [-0.4, -0.2) is 22.5 Å². The molecule has 1 aromatic carbocycles. The number of fused-ring (bicyclic) bond motifs is 1. The summed E-state index contributed by atoms with van der Waals surface area (Å²) in [5, 5.41) is 12.4. The standard InChI is InChI=1S/C13H14BrNOS/c1-9(7-16)8-17-13-11-3-2-4-12(14)10(11)5-6-15-13/h2-6,9,16H,7-8H2,1H3. The van der Waals surface area contributed by atoms with E-state index in [2.05, 4.69) is 27.0 Å². The Labute approximate surface area is 114 Å². The van der Waals surface area contributed by atoms with Crippen molar-refractivity contribution in [1.82, 2.24) is 4.98 Å². The third kappa shape index (κ3) is 3.00. The van der Waals surface area contributed by atoms with Crippen LogP contribution >= 0.6 is 27.7 Å². The fourth-order valence-electron chi connectivity index (χ4n) is 1.53. The van der Waals surface area contributed by atoms with Gasteiger partial charge in [0.2, 0.25) is 0 Å². The van der Waals surface area contributed by atoms with Crippen molar-refractivity contribution >= 4 is 38.5 Å². The van der Waals surface area contributed by atoms with E-state index in [1.165, 1.54) is 5.39 Å². The van der Waals surface area contributed by atoms with Crippen molar-refractivity contribution in [2.75, 3.05) is 12.4 Å². The molecule has 1 aromatic heterocycles. The van der Waals surface area contributed by atoms with Crippen molar-refractivity contribution in [2.24, 2.45) is 5.92 Å². The first-order chi connectivity index (χ1) is 8.22. The number of thioether (sulfide) groups is 1. The second-order valence-corrected chi connectivity index (χ2v) is 5.91. The summed E-state index contributed by atoms with van der Waals surface area (Å²) in [7, 11) is 0. The minimum Gasteiger partial charge on any atom is -0.396 e. The highest BCUT2D eigenvalue weighted by Gasteiger charge is 2.07. The average Bonchev–Trinajstić information content (AvgIpc) is 2.36. The smallest absolute Gasteiger partial charge is 0.104 e. The Balaban J connectivity index is 2.31. The van der Waals surface area contributed by atoms with E-state index < -0.39 is 0 Å². The van der Waals surface area contributed by atoms with Crippen LogP contribution in [-0.2, 0) is 0 Å². The van der Waals surface area contributed by atoms with Crippen molar-refractivity contribution in [3.63, 3.8) is 0 Å². The first-order valence-electron chi connectivity index (χ1n) is 5.49. The highest BCUT2D eigenvalue weighted by Crippen LogP contribution is 2.30. The van der Waals surface area contributed by atoms with Crippen molar-refractivity contribution in [3.05, 3.63) is 34.9 Å². The maximum atomic E-state index is 9.03. The van der Waals surface area contributed by atoms with Crippen molar-refractivity contribution < 1.29 is 5.11 Å². The van der Waals surface area contributed by atoms with E-state index in [1.54, 1.807) is 11.8 Å². The summed E-state index contributed by atoms with van der Waals surface area (Å²) in [6, 6.07) is 8.15. The Morgan fingerprint density at radius 1 is 1.35 bits per heavy atom. The highest BCUT2D eigenvalue weighted by molar-refractivity contribution is 9.10. The molecule has 0 aliphatic heterocycles. The molecule has 90 valence electrons. The van der Waals surface area contributed by atoms with Crippen LogP contribution in [0.3, 0.4) is 0 Å². The number of nitrogens with zero attached hydrogens (tertiary/aromatic N) is 1. The van der Waals surface area contributed by atoms with Crippen molar-refractivity contribution in [1.29, 1.82) is 0 Å². The van der Waals surface area contributed by atoms with Gasteiger partial charge in [-0.05, 0) is 18.1 Å². The number of hydrogen-bond donors (Lipinski definition) is 1. The van der Waals surface area contributed by atoms with Gasteiger partial charge in [-0.2, -0.15) is 0 Å². The molecule has 0 radical (unpaired) electrons. The van der Waals surface area contributed by atoms with E-state index in [0.717, 1.165) is 20.6 Å². The maximum Gasteiger partial charge on any atom is 0.104 e. The molecule has 0 bridgehead atoms. The van der Waals surface area contributed by atoms with E-state index in [-0.39, 0.29) is 6.61 Å². The van der Waals surface area contributed by atoms with Crippen LogP contribution in [0.2, 0.25) is 0 Å². The van der Waals surface area contributed by atoms with E-state index >= 15 is 0 Å². The molecular weight excluding hydrogens is 298 g/mol. The summed E-state index contributed by atoms with van der Waals surface area (Å²) >= 11 is 5.25. The summed E-state index contributed by atoms with van der Waals surface area (Å²) in [5.74, 6) is 1.18. The molecule has 0 saturated carbocycles. The van der Waals surface area contributed by atoms with Crippen molar-refractivity contribution in [2.45, 2.75) is 11.9 Å². The lowest BCUT2D eigenvalue weighted by molar-refractivity contribution is 0.250. The maximum absolute atomic E-state index is 9.03. The fourth-order valence-corrected chi connectivity index (χ4v) is 3.05. The zero-order chi connectivity index (χ0) is 12.3. The first-order valence-corrected chi connectivity index (χ1v) is 7.27.